The standard InChI is InChI=1S/C23H17N5O4/c29-23(30)17-6-10-20(11-7-17)27-15-18(22(26-27)16-4-2-1-3-5-16)14-24-25-19-8-12-21(13-9-19)28(31)32/h1-15,25H,(H,29,30)/b24-14+. The highest BCUT2D eigenvalue weighted by Crippen LogP contribution is 2.23. The first-order valence-electron chi connectivity index (χ1n) is 9.53. The summed E-state index contributed by atoms with van der Waals surface area (Å²) >= 11 is 0. The summed E-state index contributed by atoms with van der Waals surface area (Å²) in [6.45, 7) is 0. The fourth-order valence-corrected chi connectivity index (χ4v) is 3.03. The number of carbonyl (C=O) groups is 1. The Morgan fingerprint density at radius 2 is 1.72 bits per heavy atom. The van der Waals surface area contributed by atoms with Crippen LogP contribution in [-0.4, -0.2) is 32.0 Å². The summed E-state index contributed by atoms with van der Waals surface area (Å²) in [6.07, 6.45) is 3.40. The van der Waals surface area contributed by atoms with E-state index in [9.17, 15) is 14.9 Å². The molecule has 32 heavy (non-hydrogen) atoms. The van der Waals surface area contributed by atoms with E-state index in [1.807, 2.05) is 30.3 Å². The van der Waals surface area contributed by atoms with Gasteiger partial charge in [0, 0.05) is 29.5 Å². The number of aromatic nitrogens is 2. The summed E-state index contributed by atoms with van der Waals surface area (Å²) in [5.74, 6) is -0.993. The van der Waals surface area contributed by atoms with Crippen LogP contribution in [0.25, 0.3) is 16.9 Å². The summed E-state index contributed by atoms with van der Waals surface area (Å²) in [7, 11) is 0. The molecular weight excluding hydrogens is 410 g/mol. The Hall–Kier alpha value is -4.79. The number of carboxylic acid groups (broad SMARTS) is 1. The number of hydrogen-bond acceptors (Lipinski definition) is 6. The van der Waals surface area contributed by atoms with Gasteiger partial charge in [-0.2, -0.15) is 10.2 Å². The zero-order valence-electron chi connectivity index (χ0n) is 16.6. The van der Waals surface area contributed by atoms with Gasteiger partial charge in [-0.1, -0.05) is 30.3 Å². The second kappa shape index (κ2) is 8.92. The number of nitro benzene ring substituents is 1. The van der Waals surface area contributed by atoms with E-state index in [0.29, 0.717) is 17.1 Å². The molecular formula is C23H17N5O4. The van der Waals surface area contributed by atoms with E-state index in [2.05, 4.69) is 15.6 Å². The van der Waals surface area contributed by atoms with Gasteiger partial charge in [-0.15, -0.1) is 0 Å². The Morgan fingerprint density at radius 1 is 1.03 bits per heavy atom. The van der Waals surface area contributed by atoms with E-state index < -0.39 is 10.9 Å². The molecule has 9 nitrogen and oxygen atoms in total. The lowest BCUT2D eigenvalue weighted by Crippen LogP contribution is -1.98. The molecule has 0 unspecified atom stereocenters. The van der Waals surface area contributed by atoms with Crippen LogP contribution in [0, 0.1) is 10.1 Å². The Morgan fingerprint density at radius 3 is 2.34 bits per heavy atom. The van der Waals surface area contributed by atoms with Crippen LogP contribution in [0.2, 0.25) is 0 Å². The lowest BCUT2D eigenvalue weighted by Gasteiger charge is -2.02. The van der Waals surface area contributed by atoms with Gasteiger partial charge < -0.3 is 5.11 Å². The van der Waals surface area contributed by atoms with Crippen molar-refractivity contribution in [3.05, 3.63) is 106 Å². The second-order valence-corrected chi connectivity index (χ2v) is 6.77. The first-order valence-corrected chi connectivity index (χ1v) is 9.53. The predicted octanol–water partition coefficient (Wildman–Crippen LogP) is 4.59. The Labute approximate surface area is 182 Å². The maximum atomic E-state index is 11.1. The van der Waals surface area contributed by atoms with Crippen LogP contribution in [0.3, 0.4) is 0 Å². The number of rotatable bonds is 7. The van der Waals surface area contributed by atoms with Crippen molar-refractivity contribution in [3.63, 3.8) is 0 Å². The van der Waals surface area contributed by atoms with Gasteiger partial charge >= 0.3 is 5.97 Å². The van der Waals surface area contributed by atoms with Crippen molar-refractivity contribution in [1.29, 1.82) is 0 Å². The summed E-state index contributed by atoms with van der Waals surface area (Å²) in [4.78, 5) is 21.4. The van der Waals surface area contributed by atoms with Crippen molar-refractivity contribution in [3.8, 4) is 16.9 Å². The maximum Gasteiger partial charge on any atom is 0.335 e. The van der Waals surface area contributed by atoms with Crippen molar-refractivity contribution >= 4 is 23.6 Å². The van der Waals surface area contributed by atoms with E-state index in [4.69, 9.17) is 5.11 Å². The van der Waals surface area contributed by atoms with Gasteiger partial charge in [0.15, 0.2) is 0 Å². The average molecular weight is 427 g/mol. The number of hydrazone groups is 1. The number of hydrogen-bond donors (Lipinski definition) is 2. The van der Waals surface area contributed by atoms with Gasteiger partial charge in [-0.3, -0.25) is 15.5 Å². The first kappa shape index (κ1) is 20.5. The summed E-state index contributed by atoms with van der Waals surface area (Å²) in [5.41, 5.74) is 6.67. The number of nitro groups is 1. The van der Waals surface area contributed by atoms with Crippen LogP contribution >= 0.6 is 0 Å². The molecule has 0 saturated carbocycles. The molecule has 1 aromatic heterocycles. The lowest BCUT2D eigenvalue weighted by atomic mass is 10.1. The minimum Gasteiger partial charge on any atom is -0.478 e. The van der Waals surface area contributed by atoms with Crippen molar-refractivity contribution in [2.45, 2.75) is 0 Å². The number of anilines is 1. The molecule has 0 saturated heterocycles. The van der Waals surface area contributed by atoms with Gasteiger partial charge in [-0.25, -0.2) is 9.48 Å². The largest absolute Gasteiger partial charge is 0.478 e. The van der Waals surface area contributed by atoms with Crippen LogP contribution in [0.4, 0.5) is 11.4 Å². The number of nitrogens with one attached hydrogen (secondary N) is 1. The quantitative estimate of drug-likeness (QED) is 0.253. The number of benzene rings is 3. The normalized spacial score (nSPS) is 10.9. The van der Waals surface area contributed by atoms with E-state index in [0.717, 1.165) is 11.1 Å². The molecule has 0 spiro atoms. The summed E-state index contributed by atoms with van der Waals surface area (Å²) in [5, 5.41) is 28.8. The van der Waals surface area contributed by atoms with E-state index in [1.54, 1.807) is 41.4 Å². The highest BCUT2D eigenvalue weighted by Gasteiger charge is 2.12. The lowest BCUT2D eigenvalue weighted by molar-refractivity contribution is -0.384. The molecule has 9 heteroatoms. The van der Waals surface area contributed by atoms with E-state index in [-0.39, 0.29) is 11.3 Å². The third-order valence-corrected chi connectivity index (χ3v) is 4.64. The Kier molecular flexibility index (Phi) is 5.71. The van der Waals surface area contributed by atoms with Gasteiger partial charge in [0.25, 0.3) is 5.69 Å². The van der Waals surface area contributed by atoms with Gasteiger partial charge in [-0.05, 0) is 36.4 Å². The molecule has 2 N–H and O–H groups in total. The van der Waals surface area contributed by atoms with Crippen LogP contribution in [-0.2, 0) is 0 Å². The molecule has 0 aliphatic carbocycles. The molecule has 0 bridgehead atoms. The topological polar surface area (TPSA) is 123 Å². The molecule has 0 aliphatic rings. The fraction of sp³-hybridized carbons (Fsp3) is 0. The number of aromatic carboxylic acids is 1. The molecule has 4 rings (SSSR count). The molecule has 0 fully saturated rings. The number of nitrogens with zero attached hydrogens (tertiary/aromatic N) is 4. The molecule has 158 valence electrons. The third-order valence-electron chi connectivity index (χ3n) is 4.64. The fourth-order valence-electron chi connectivity index (χ4n) is 3.03. The van der Waals surface area contributed by atoms with E-state index >= 15 is 0 Å². The van der Waals surface area contributed by atoms with Gasteiger partial charge in [0.1, 0.15) is 5.69 Å². The molecule has 0 amide bonds. The molecule has 1 heterocycles. The van der Waals surface area contributed by atoms with Crippen molar-refractivity contribution in [2.75, 3.05) is 5.43 Å². The number of carboxylic acids is 1. The predicted molar refractivity (Wildman–Crippen MR) is 120 cm³/mol. The zero-order chi connectivity index (χ0) is 22.5. The zero-order valence-corrected chi connectivity index (χ0v) is 16.6. The van der Waals surface area contributed by atoms with Crippen molar-refractivity contribution in [2.24, 2.45) is 5.10 Å². The van der Waals surface area contributed by atoms with Crippen LogP contribution in [0.5, 0.6) is 0 Å². The van der Waals surface area contributed by atoms with E-state index in [1.165, 1.54) is 24.3 Å². The molecule has 0 radical (unpaired) electrons. The SMILES string of the molecule is O=C(O)c1ccc(-n2cc(/C=N/Nc3ccc([N+](=O)[O-])cc3)c(-c3ccccc3)n2)cc1. The van der Waals surface area contributed by atoms with Crippen molar-refractivity contribution in [1.82, 2.24) is 9.78 Å². The smallest absolute Gasteiger partial charge is 0.335 e. The van der Waals surface area contributed by atoms with Gasteiger partial charge in [0.2, 0.25) is 0 Å². The molecule has 0 atom stereocenters. The molecule has 0 aliphatic heterocycles. The number of non-ortho nitro benzene ring substituents is 1. The van der Waals surface area contributed by atoms with Crippen LogP contribution < -0.4 is 5.43 Å². The van der Waals surface area contributed by atoms with Crippen LogP contribution in [0.1, 0.15) is 15.9 Å². The minimum atomic E-state index is -0.993. The van der Waals surface area contributed by atoms with Crippen molar-refractivity contribution < 1.29 is 14.8 Å². The first-order chi connectivity index (χ1) is 15.5. The highest BCUT2D eigenvalue weighted by molar-refractivity contribution is 5.89. The molecule has 3 aromatic carbocycles. The summed E-state index contributed by atoms with van der Waals surface area (Å²) in [6, 6.07) is 21.9. The Bertz CT molecular complexity index is 1280. The average Bonchev–Trinajstić information content (AvgIpc) is 3.24. The third kappa shape index (κ3) is 4.51. The monoisotopic (exact) mass is 427 g/mol. The Balaban J connectivity index is 1.63. The summed E-state index contributed by atoms with van der Waals surface area (Å²) < 4.78 is 1.65. The highest BCUT2D eigenvalue weighted by atomic mass is 16.6. The van der Waals surface area contributed by atoms with Gasteiger partial charge in [0.05, 0.1) is 28.1 Å². The molecule has 4 aromatic rings. The van der Waals surface area contributed by atoms with Crippen LogP contribution in [0.15, 0.2) is 90.2 Å². The second-order valence-electron chi connectivity index (χ2n) is 6.77. The minimum absolute atomic E-state index is 0.00101. The maximum absolute atomic E-state index is 11.1.